The number of nitrogens with zero attached hydrogens (tertiary/aromatic N) is 3. The predicted octanol–water partition coefficient (Wildman–Crippen LogP) is 4.61. The summed E-state index contributed by atoms with van der Waals surface area (Å²) in [7, 11) is -4.05. The molecule has 0 spiro atoms. The molecule has 1 amide bonds. The first-order valence-corrected chi connectivity index (χ1v) is 12.6. The van der Waals surface area contributed by atoms with E-state index in [0.717, 1.165) is 9.87 Å². The number of halogens is 1. The van der Waals surface area contributed by atoms with Crippen LogP contribution in [0.2, 0.25) is 5.02 Å². The van der Waals surface area contributed by atoms with Crippen LogP contribution in [0.5, 0.6) is 0 Å². The predicted molar refractivity (Wildman–Crippen MR) is 127 cm³/mol. The average molecular weight is 495 g/mol. The number of sulfonamides is 1. The van der Waals surface area contributed by atoms with Crippen LogP contribution in [-0.4, -0.2) is 36.8 Å². The summed E-state index contributed by atoms with van der Waals surface area (Å²) in [5.74, 6) is 0.101. The Morgan fingerprint density at radius 3 is 2.61 bits per heavy atom. The van der Waals surface area contributed by atoms with Crippen molar-refractivity contribution in [3.63, 3.8) is 0 Å². The van der Waals surface area contributed by atoms with Gasteiger partial charge in [-0.2, -0.15) is 0 Å². The highest BCUT2D eigenvalue weighted by atomic mass is 35.5. The molecule has 0 atom stereocenters. The number of para-hydroxylation sites is 1. The van der Waals surface area contributed by atoms with E-state index in [1.807, 2.05) is 6.92 Å². The maximum atomic E-state index is 13.4. The number of nitrogens with one attached hydrogen (secondary N) is 1. The van der Waals surface area contributed by atoms with Gasteiger partial charge in [-0.3, -0.25) is 14.4 Å². The second-order valence-corrected chi connectivity index (χ2v) is 10.8. The third kappa shape index (κ3) is 5.85. The number of hydrogen-bond donors (Lipinski definition) is 1. The summed E-state index contributed by atoms with van der Waals surface area (Å²) in [6, 6.07) is 12.9. The summed E-state index contributed by atoms with van der Waals surface area (Å²) in [6.07, 6.45) is 1.74. The Balaban J connectivity index is 1.87. The van der Waals surface area contributed by atoms with Gasteiger partial charge in [-0.05, 0) is 31.2 Å². The fraction of sp³-hybridized carbons (Fsp3) is 0.150. The monoisotopic (exact) mass is 494 g/mol. The number of anilines is 2. The molecule has 0 aliphatic rings. The maximum Gasteiger partial charge on any atom is 0.264 e. The van der Waals surface area contributed by atoms with Crippen LogP contribution in [0, 0.1) is 6.92 Å². The van der Waals surface area contributed by atoms with E-state index in [4.69, 9.17) is 11.6 Å². The minimum absolute atomic E-state index is 0.0600. The number of hydrogen-bond acceptors (Lipinski definition) is 7. The van der Waals surface area contributed by atoms with E-state index in [0.29, 0.717) is 10.1 Å². The first-order chi connectivity index (χ1) is 14.8. The number of carbonyl (C=O) groups excluding carboxylic acids is 1. The van der Waals surface area contributed by atoms with Gasteiger partial charge in [0.05, 0.1) is 15.6 Å². The topological polar surface area (TPSA) is 92.3 Å². The number of thioether (sulfide) groups is 1. The van der Waals surface area contributed by atoms with E-state index in [1.165, 1.54) is 35.2 Å². The SMILES string of the molecule is C=CCSc1nnc(NC(=O)CN(c2ccccc2Cl)S(=O)(=O)c2ccc(C)cc2)s1. The van der Waals surface area contributed by atoms with Crippen LogP contribution in [0.1, 0.15) is 5.56 Å². The molecular formula is C20H19ClN4O3S3. The van der Waals surface area contributed by atoms with E-state index < -0.39 is 22.5 Å². The Morgan fingerprint density at radius 1 is 1.23 bits per heavy atom. The van der Waals surface area contributed by atoms with Gasteiger partial charge in [-0.15, -0.1) is 16.8 Å². The third-order valence-electron chi connectivity index (χ3n) is 3.99. The molecule has 11 heteroatoms. The van der Waals surface area contributed by atoms with Gasteiger partial charge in [0, 0.05) is 5.75 Å². The Morgan fingerprint density at radius 2 is 1.94 bits per heavy atom. The van der Waals surface area contributed by atoms with Crippen LogP contribution >= 0.6 is 34.7 Å². The highest BCUT2D eigenvalue weighted by Gasteiger charge is 2.29. The molecule has 0 saturated heterocycles. The first-order valence-electron chi connectivity index (χ1n) is 9.02. The minimum atomic E-state index is -4.05. The van der Waals surface area contributed by atoms with Gasteiger partial charge in [-0.25, -0.2) is 8.42 Å². The number of aryl methyl sites for hydroxylation is 1. The van der Waals surface area contributed by atoms with Gasteiger partial charge < -0.3 is 0 Å². The lowest BCUT2D eigenvalue weighted by Crippen LogP contribution is -2.38. The standard InChI is InChI=1S/C20H19ClN4O3S3/c1-3-12-29-20-24-23-19(30-20)22-18(26)13-25(17-7-5-4-6-16(17)21)31(27,28)15-10-8-14(2)9-11-15/h3-11H,1,12-13H2,2H3,(H,22,23,26). The van der Waals surface area contributed by atoms with Crippen molar-refractivity contribution >= 4 is 61.4 Å². The van der Waals surface area contributed by atoms with Crippen molar-refractivity contribution in [3.05, 3.63) is 71.8 Å². The third-order valence-corrected chi connectivity index (χ3v) is 8.06. The summed E-state index contributed by atoms with van der Waals surface area (Å²) in [5, 5.41) is 11.0. The second kappa shape index (κ2) is 10.3. The molecule has 7 nitrogen and oxygen atoms in total. The Hall–Kier alpha value is -2.40. The lowest BCUT2D eigenvalue weighted by atomic mass is 10.2. The average Bonchev–Trinajstić information content (AvgIpc) is 3.18. The van der Waals surface area contributed by atoms with Crippen LogP contribution in [0.15, 0.2) is 70.4 Å². The zero-order valence-corrected chi connectivity index (χ0v) is 19.7. The molecule has 0 aliphatic carbocycles. The molecule has 0 saturated carbocycles. The molecule has 2 aromatic carbocycles. The minimum Gasteiger partial charge on any atom is -0.299 e. The van der Waals surface area contributed by atoms with Gasteiger partial charge in [0.2, 0.25) is 11.0 Å². The van der Waals surface area contributed by atoms with E-state index in [9.17, 15) is 13.2 Å². The number of benzene rings is 2. The summed E-state index contributed by atoms with van der Waals surface area (Å²) in [4.78, 5) is 12.8. The normalized spacial score (nSPS) is 11.2. The van der Waals surface area contributed by atoms with Crippen LogP contribution in [0.4, 0.5) is 10.8 Å². The number of rotatable bonds is 9. The molecule has 0 aliphatic heterocycles. The number of carbonyl (C=O) groups is 1. The molecule has 0 bridgehead atoms. The number of aromatic nitrogens is 2. The summed E-state index contributed by atoms with van der Waals surface area (Å²) >= 11 is 8.90. The van der Waals surface area contributed by atoms with Crippen molar-refractivity contribution in [2.75, 3.05) is 21.9 Å². The quantitative estimate of drug-likeness (QED) is 0.265. The Kier molecular flexibility index (Phi) is 7.71. The highest BCUT2D eigenvalue weighted by Crippen LogP contribution is 2.31. The summed E-state index contributed by atoms with van der Waals surface area (Å²) < 4.78 is 28.4. The molecule has 0 unspecified atom stereocenters. The van der Waals surface area contributed by atoms with Crippen LogP contribution in [0.3, 0.4) is 0 Å². The smallest absolute Gasteiger partial charge is 0.264 e. The fourth-order valence-corrected chi connectivity index (χ4v) is 5.79. The maximum absolute atomic E-state index is 13.4. The van der Waals surface area contributed by atoms with Crippen molar-refractivity contribution in [1.29, 1.82) is 0 Å². The van der Waals surface area contributed by atoms with Gasteiger partial charge >= 0.3 is 0 Å². The summed E-state index contributed by atoms with van der Waals surface area (Å²) in [5.41, 5.74) is 1.13. The van der Waals surface area contributed by atoms with E-state index in [2.05, 4.69) is 22.1 Å². The van der Waals surface area contributed by atoms with Crippen molar-refractivity contribution < 1.29 is 13.2 Å². The van der Waals surface area contributed by atoms with Crippen LogP contribution in [-0.2, 0) is 14.8 Å². The van der Waals surface area contributed by atoms with E-state index in [-0.39, 0.29) is 20.7 Å². The van der Waals surface area contributed by atoms with E-state index in [1.54, 1.807) is 42.5 Å². The molecular weight excluding hydrogens is 476 g/mol. The highest BCUT2D eigenvalue weighted by molar-refractivity contribution is 8.01. The van der Waals surface area contributed by atoms with Crippen LogP contribution in [0.25, 0.3) is 0 Å². The van der Waals surface area contributed by atoms with Gasteiger partial charge in [0.15, 0.2) is 4.34 Å². The van der Waals surface area contributed by atoms with Gasteiger partial charge in [0.1, 0.15) is 6.54 Å². The van der Waals surface area contributed by atoms with Crippen molar-refractivity contribution in [2.45, 2.75) is 16.2 Å². The van der Waals surface area contributed by atoms with E-state index >= 15 is 0 Å². The molecule has 3 rings (SSSR count). The summed E-state index contributed by atoms with van der Waals surface area (Å²) in [6.45, 7) is 5.03. The molecule has 0 radical (unpaired) electrons. The Labute approximate surface area is 194 Å². The van der Waals surface area contributed by atoms with Crippen molar-refractivity contribution in [2.24, 2.45) is 0 Å². The zero-order valence-electron chi connectivity index (χ0n) is 16.5. The molecule has 1 aromatic heterocycles. The fourth-order valence-electron chi connectivity index (χ4n) is 2.53. The van der Waals surface area contributed by atoms with Crippen molar-refractivity contribution in [3.8, 4) is 0 Å². The van der Waals surface area contributed by atoms with Gasteiger partial charge in [-0.1, -0.05) is 70.6 Å². The molecule has 1 heterocycles. The molecule has 162 valence electrons. The lowest BCUT2D eigenvalue weighted by molar-refractivity contribution is -0.114. The lowest BCUT2D eigenvalue weighted by Gasteiger charge is -2.24. The largest absolute Gasteiger partial charge is 0.299 e. The number of amides is 1. The molecule has 31 heavy (non-hydrogen) atoms. The molecule has 1 N–H and O–H groups in total. The Bertz CT molecular complexity index is 1180. The molecule has 3 aromatic rings. The van der Waals surface area contributed by atoms with Crippen molar-refractivity contribution in [1.82, 2.24) is 10.2 Å². The van der Waals surface area contributed by atoms with Gasteiger partial charge in [0.25, 0.3) is 10.0 Å². The second-order valence-electron chi connectivity index (χ2n) is 6.30. The zero-order chi connectivity index (χ0) is 22.4. The first kappa shape index (κ1) is 23.3. The van der Waals surface area contributed by atoms with Crippen LogP contribution < -0.4 is 9.62 Å². The molecule has 0 fully saturated rings.